The predicted molar refractivity (Wildman–Crippen MR) is 64.2 cm³/mol. The van der Waals surface area contributed by atoms with Crippen LogP contribution in [-0.2, 0) is 11.2 Å². The highest BCUT2D eigenvalue weighted by atomic mass is 32.2. The molecule has 0 amide bonds. The van der Waals surface area contributed by atoms with Gasteiger partial charge in [-0.05, 0) is 25.0 Å². The van der Waals surface area contributed by atoms with Gasteiger partial charge in [-0.25, -0.2) is 0 Å². The Morgan fingerprint density at radius 2 is 2.27 bits per heavy atom. The number of Topliss-reactive ketones (excluding diaryl/α,β-unsaturated/α-hetero) is 1. The van der Waals surface area contributed by atoms with Crippen molar-refractivity contribution in [3.8, 4) is 0 Å². The van der Waals surface area contributed by atoms with Gasteiger partial charge < -0.3 is 0 Å². The molecule has 1 unspecified atom stereocenters. The van der Waals surface area contributed by atoms with Gasteiger partial charge in [-0.2, -0.15) is 0 Å². The van der Waals surface area contributed by atoms with Crippen molar-refractivity contribution in [3.05, 3.63) is 42.0 Å². The molecule has 1 aliphatic rings. The Hall–Kier alpha value is -1.02. The molecule has 2 heteroatoms. The SMILES string of the molecule is C=C(C)CC(=O)C1Cc2ccccc2S1. The number of hydrogen-bond donors (Lipinski definition) is 0. The molecule has 0 N–H and O–H groups in total. The second-order valence-electron chi connectivity index (χ2n) is 4.02. The van der Waals surface area contributed by atoms with Crippen molar-refractivity contribution in [2.45, 2.75) is 29.9 Å². The van der Waals surface area contributed by atoms with Crippen molar-refractivity contribution >= 4 is 17.5 Å². The number of hydrogen-bond acceptors (Lipinski definition) is 2. The van der Waals surface area contributed by atoms with Crippen LogP contribution in [0.15, 0.2) is 41.3 Å². The monoisotopic (exact) mass is 218 g/mol. The van der Waals surface area contributed by atoms with E-state index in [-0.39, 0.29) is 5.25 Å². The molecule has 1 aliphatic heterocycles. The molecule has 78 valence electrons. The van der Waals surface area contributed by atoms with Crippen LogP contribution in [0.25, 0.3) is 0 Å². The average Bonchev–Trinajstić information content (AvgIpc) is 2.59. The van der Waals surface area contributed by atoms with E-state index in [0.717, 1.165) is 12.0 Å². The number of allylic oxidation sites excluding steroid dienone is 1. The van der Waals surface area contributed by atoms with E-state index < -0.39 is 0 Å². The lowest BCUT2D eigenvalue weighted by atomic mass is 10.0. The van der Waals surface area contributed by atoms with Crippen LogP contribution < -0.4 is 0 Å². The first-order valence-electron chi connectivity index (χ1n) is 5.08. The Bertz CT molecular complexity index is 384. The summed E-state index contributed by atoms with van der Waals surface area (Å²) < 4.78 is 0. The Kier molecular flexibility index (Phi) is 2.96. The Morgan fingerprint density at radius 3 is 2.93 bits per heavy atom. The summed E-state index contributed by atoms with van der Waals surface area (Å²) in [6, 6.07) is 8.26. The number of rotatable bonds is 3. The molecule has 1 heterocycles. The number of carbonyl (C=O) groups is 1. The Morgan fingerprint density at radius 1 is 1.53 bits per heavy atom. The maximum Gasteiger partial charge on any atom is 0.150 e. The molecule has 2 rings (SSSR count). The zero-order valence-corrected chi connectivity index (χ0v) is 9.64. The van der Waals surface area contributed by atoms with Crippen LogP contribution in [0.1, 0.15) is 18.9 Å². The highest BCUT2D eigenvalue weighted by molar-refractivity contribution is 8.01. The summed E-state index contributed by atoms with van der Waals surface area (Å²) in [6.07, 6.45) is 1.40. The summed E-state index contributed by atoms with van der Waals surface area (Å²) >= 11 is 1.70. The molecule has 1 nitrogen and oxygen atoms in total. The number of benzene rings is 1. The van der Waals surface area contributed by atoms with Gasteiger partial charge >= 0.3 is 0 Å². The van der Waals surface area contributed by atoms with E-state index in [0.29, 0.717) is 12.2 Å². The molecule has 0 aliphatic carbocycles. The van der Waals surface area contributed by atoms with Gasteiger partial charge in [-0.15, -0.1) is 11.8 Å². The van der Waals surface area contributed by atoms with Gasteiger partial charge in [0.05, 0.1) is 5.25 Å². The van der Waals surface area contributed by atoms with Gasteiger partial charge in [0.15, 0.2) is 5.78 Å². The molecule has 0 bridgehead atoms. The van der Waals surface area contributed by atoms with Crippen molar-refractivity contribution in [1.82, 2.24) is 0 Å². The molecule has 0 saturated carbocycles. The lowest BCUT2D eigenvalue weighted by Gasteiger charge is -2.06. The van der Waals surface area contributed by atoms with E-state index >= 15 is 0 Å². The quantitative estimate of drug-likeness (QED) is 0.724. The van der Waals surface area contributed by atoms with Crippen LogP contribution in [0.4, 0.5) is 0 Å². The van der Waals surface area contributed by atoms with Crippen LogP contribution in [-0.4, -0.2) is 11.0 Å². The summed E-state index contributed by atoms with van der Waals surface area (Å²) in [5, 5.41) is 0.110. The topological polar surface area (TPSA) is 17.1 Å². The average molecular weight is 218 g/mol. The van der Waals surface area contributed by atoms with Crippen LogP contribution in [0, 0.1) is 0 Å². The molecule has 1 atom stereocenters. The Balaban J connectivity index is 2.07. The molecule has 1 aromatic rings. The van der Waals surface area contributed by atoms with Crippen molar-refractivity contribution in [3.63, 3.8) is 0 Å². The van der Waals surface area contributed by atoms with Gasteiger partial charge in [-0.3, -0.25) is 4.79 Å². The first-order chi connectivity index (χ1) is 7.16. The number of carbonyl (C=O) groups excluding carboxylic acids is 1. The minimum absolute atomic E-state index is 0.110. The fourth-order valence-corrected chi connectivity index (χ4v) is 3.02. The molecular formula is C13H14OS. The molecule has 0 spiro atoms. The zero-order chi connectivity index (χ0) is 10.8. The third-order valence-electron chi connectivity index (χ3n) is 2.48. The fraction of sp³-hybridized carbons (Fsp3) is 0.308. The number of ketones is 1. The minimum atomic E-state index is 0.110. The molecular weight excluding hydrogens is 204 g/mol. The maximum atomic E-state index is 11.8. The molecule has 1 aromatic carbocycles. The van der Waals surface area contributed by atoms with Gasteiger partial charge in [0.1, 0.15) is 0 Å². The summed E-state index contributed by atoms with van der Waals surface area (Å²) in [6.45, 7) is 5.69. The third-order valence-corrected chi connectivity index (χ3v) is 3.85. The Labute approximate surface area is 94.6 Å². The first-order valence-corrected chi connectivity index (χ1v) is 5.96. The van der Waals surface area contributed by atoms with Crippen LogP contribution >= 0.6 is 11.8 Å². The molecule has 0 fully saturated rings. The van der Waals surface area contributed by atoms with Crippen LogP contribution in [0.5, 0.6) is 0 Å². The highest BCUT2D eigenvalue weighted by Crippen LogP contribution is 2.37. The largest absolute Gasteiger partial charge is 0.298 e. The van der Waals surface area contributed by atoms with Crippen molar-refractivity contribution in [2.75, 3.05) is 0 Å². The maximum absolute atomic E-state index is 11.8. The first kappa shape index (κ1) is 10.5. The third kappa shape index (κ3) is 2.32. The van der Waals surface area contributed by atoms with Crippen LogP contribution in [0.2, 0.25) is 0 Å². The number of thioether (sulfide) groups is 1. The molecule has 0 radical (unpaired) electrons. The zero-order valence-electron chi connectivity index (χ0n) is 8.82. The predicted octanol–water partition coefficient (Wildman–Crippen LogP) is 3.24. The van der Waals surface area contributed by atoms with E-state index in [1.165, 1.54) is 10.5 Å². The minimum Gasteiger partial charge on any atom is -0.298 e. The molecule has 0 saturated heterocycles. The lowest BCUT2D eigenvalue weighted by Crippen LogP contribution is -2.16. The lowest BCUT2D eigenvalue weighted by molar-refractivity contribution is -0.117. The van der Waals surface area contributed by atoms with Gasteiger partial charge in [0.25, 0.3) is 0 Å². The molecule has 15 heavy (non-hydrogen) atoms. The summed E-state index contributed by atoms with van der Waals surface area (Å²) in [7, 11) is 0. The smallest absolute Gasteiger partial charge is 0.150 e. The second kappa shape index (κ2) is 4.23. The molecule has 0 aromatic heterocycles. The fourth-order valence-electron chi connectivity index (χ4n) is 1.77. The van der Waals surface area contributed by atoms with Crippen molar-refractivity contribution in [2.24, 2.45) is 0 Å². The van der Waals surface area contributed by atoms with Crippen molar-refractivity contribution < 1.29 is 4.79 Å². The number of fused-ring (bicyclic) bond motifs is 1. The van der Waals surface area contributed by atoms with E-state index in [1.807, 2.05) is 19.1 Å². The standard InChI is InChI=1S/C13H14OS/c1-9(2)7-11(14)13-8-10-5-3-4-6-12(10)15-13/h3-6,13H,1,7-8H2,2H3. The van der Waals surface area contributed by atoms with E-state index in [1.54, 1.807) is 11.8 Å². The summed E-state index contributed by atoms with van der Waals surface area (Å²) in [5.74, 6) is 0.309. The van der Waals surface area contributed by atoms with E-state index in [9.17, 15) is 4.79 Å². The highest BCUT2D eigenvalue weighted by Gasteiger charge is 2.27. The van der Waals surface area contributed by atoms with E-state index in [4.69, 9.17) is 0 Å². The van der Waals surface area contributed by atoms with Gasteiger partial charge in [0, 0.05) is 11.3 Å². The summed E-state index contributed by atoms with van der Waals surface area (Å²) in [5.41, 5.74) is 2.26. The van der Waals surface area contributed by atoms with E-state index in [2.05, 4.69) is 18.7 Å². The summed E-state index contributed by atoms with van der Waals surface area (Å²) in [4.78, 5) is 13.1. The second-order valence-corrected chi connectivity index (χ2v) is 5.26. The van der Waals surface area contributed by atoms with Crippen molar-refractivity contribution in [1.29, 1.82) is 0 Å². The van der Waals surface area contributed by atoms with Crippen LogP contribution in [0.3, 0.4) is 0 Å². The van der Waals surface area contributed by atoms with Gasteiger partial charge in [-0.1, -0.05) is 30.4 Å². The normalized spacial score (nSPS) is 18.6. The van der Waals surface area contributed by atoms with Gasteiger partial charge in [0.2, 0.25) is 0 Å².